The molecule has 0 fully saturated rings. The second-order valence-electron chi connectivity index (χ2n) is 6.40. The number of aromatic hydroxyl groups is 1. The maximum atomic E-state index is 12.9. The van der Waals surface area contributed by atoms with Crippen LogP contribution in [0.3, 0.4) is 0 Å². The molecule has 0 atom stereocenters. The van der Waals surface area contributed by atoms with Gasteiger partial charge in [0.15, 0.2) is 0 Å². The Morgan fingerprint density at radius 2 is 1.63 bits per heavy atom. The number of sulfonamides is 1. The SMILES string of the molecule is O=C1Nc2ccc(S(=O)(=O)N(CCO)CCO)cc2C1=Cc1cc(Br)c(O)c(Br)c1. The first-order valence-electron chi connectivity index (χ1n) is 8.76. The van der Waals surface area contributed by atoms with Gasteiger partial charge in [0.25, 0.3) is 5.91 Å². The normalized spacial score (nSPS) is 15.0. The molecule has 1 heterocycles. The molecular weight excluding hydrogens is 544 g/mol. The van der Waals surface area contributed by atoms with Gasteiger partial charge in [0, 0.05) is 29.9 Å². The van der Waals surface area contributed by atoms with Gasteiger partial charge in [0.2, 0.25) is 10.0 Å². The van der Waals surface area contributed by atoms with Gasteiger partial charge in [-0.3, -0.25) is 4.79 Å². The molecule has 4 N–H and O–H groups in total. The Hall–Kier alpha value is -1.76. The molecule has 11 heteroatoms. The minimum atomic E-state index is -3.98. The van der Waals surface area contributed by atoms with Crippen molar-refractivity contribution in [3.05, 3.63) is 50.4 Å². The van der Waals surface area contributed by atoms with Gasteiger partial charge in [0.05, 0.1) is 27.1 Å². The summed E-state index contributed by atoms with van der Waals surface area (Å²) in [5.74, 6) is -0.364. The van der Waals surface area contributed by atoms with Crippen molar-refractivity contribution in [3.63, 3.8) is 0 Å². The lowest BCUT2D eigenvalue weighted by molar-refractivity contribution is -0.110. The van der Waals surface area contributed by atoms with Crippen molar-refractivity contribution in [2.45, 2.75) is 4.90 Å². The smallest absolute Gasteiger partial charge is 0.256 e. The van der Waals surface area contributed by atoms with Gasteiger partial charge in [0.1, 0.15) is 5.75 Å². The number of hydrogen-bond acceptors (Lipinski definition) is 6. The highest BCUT2D eigenvalue weighted by atomic mass is 79.9. The van der Waals surface area contributed by atoms with Gasteiger partial charge in [-0.2, -0.15) is 4.31 Å². The van der Waals surface area contributed by atoms with E-state index < -0.39 is 10.0 Å². The molecule has 8 nitrogen and oxygen atoms in total. The fraction of sp³-hybridized carbons (Fsp3) is 0.211. The molecule has 1 amide bonds. The highest BCUT2D eigenvalue weighted by Gasteiger charge is 2.29. The summed E-state index contributed by atoms with van der Waals surface area (Å²) in [7, 11) is -3.98. The molecule has 0 aromatic heterocycles. The maximum Gasteiger partial charge on any atom is 0.256 e. The summed E-state index contributed by atoms with van der Waals surface area (Å²) in [6.07, 6.45) is 1.59. The van der Waals surface area contributed by atoms with E-state index in [-0.39, 0.29) is 48.4 Å². The summed E-state index contributed by atoms with van der Waals surface area (Å²) < 4.78 is 27.7. The zero-order chi connectivity index (χ0) is 22.1. The number of fused-ring (bicyclic) bond motifs is 1. The van der Waals surface area contributed by atoms with Gasteiger partial charge in [-0.15, -0.1) is 0 Å². The van der Waals surface area contributed by atoms with Crippen molar-refractivity contribution in [2.24, 2.45) is 0 Å². The monoisotopic (exact) mass is 560 g/mol. The molecule has 3 rings (SSSR count). The predicted molar refractivity (Wildman–Crippen MR) is 119 cm³/mol. The van der Waals surface area contributed by atoms with Crippen LogP contribution in [0.1, 0.15) is 11.1 Å². The molecule has 0 unspecified atom stereocenters. The number of aliphatic hydroxyl groups excluding tert-OH is 2. The number of amides is 1. The molecular formula is C19H18Br2N2O6S. The lowest BCUT2D eigenvalue weighted by Crippen LogP contribution is -2.35. The van der Waals surface area contributed by atoms with E-state index in [1.807, 2.05) is 0 Å². The maximum absolute atomic E-state index is 12.9. The first-order chi connectivity index (χ1) is 14.2. The van der Waals surface area contributed by atoms with Gasteiger partial charge in [-0.1, -0.05) is 0 Å². The van der Waals surface area contributed by atoms with Crippen LogP contribution < -0.4 is 5.32 Å². The van der Waals surface area contributed by atoms with E-state index in [4.69, 9.17) is 10.2 Å². The third-order valence-electron chi connectivity index (χ3n) is 4.46. The third-order valence-corrected chi connectivity index (χ3v) is 7.56. The van der Waals surface area contributed by atoms with Gasteiger partial charge >= 0.3 is 0 Å². The number of anilines is 1. The zero-order valence-corrected chi connectivity index (χ0v) is 19.5. The van der Waals surface area contributed by atoms with E-state index in [0.29, 0.717) is 25.8 Å². The Kier molecular flexibility index (Phi) is 7.00. The van der Waals surface area contributed by atoms with Crippen LogP contribution >= 0.6 is 31.9 Å². The van der Waals surface area contributed by atoms with Crippen LogP contribution in [0.25, 0.3) is 11.6 Å². The number of phenolic OH excluding ortho intramolecular Hbond substituents is 1. The lowest BCUT2D eigenvalue weighted by atomic mass is 10.0. The Bertz CT molecular complexity index is 1100. The number of halogens is 2. The largest absolute Gasteiger partial charge is 0.506 e. The first-order valence-corrected chi connectivity index (χ1v) is 11.8. The highest BCUT2D eigenvalue weighted by molar-refractivity contribution is 9.11. The van der Waals surface area contributed by atoms with Crippen LogP contribution in [0.4, 0.5) is 5.69 Å². The minimum absolute atomic E-state index is 0.0228. The number of phenols is 1. The van der Waals surface area contributed by atoms with Gasteiger partial charge in [-0.25, -0.2) is 8.42 Å². The van der Waals surface area contributed by atoms with Crippen molar-refractivity contribution in [3.8, 4) is 5.75 Å². The summed E-state index contributed by atoms with van der Waals surface area (Å²) in [6.45, 7) is -1.09. The number of benzene rings is 2. The number of nitrogens with one attached hydrogen (secondary N) is 1. The minimum Gasteiger partial charge on any atom is -0.506 e. The van der Waals surface area contributed by atoms with Crippen molar-refractivity contribution in [2.75, 3.05) is 31.6 Å². The lowest BCUT2D eigenvalue weighted by Gasteiger charge is -2.20. The van der Waals surface area contributed by atoms with E-state index in [1.54, 1.807) is 18.2 Å². The van der Waals surface area contributed by atoms with Crippen molar-refractivity contribution in [1.29, 1.82) is 0 Å². The number of carbonyl (C=O) groups is 1. The summed E-state index contributed by atoms with van der Waals surface area (Å²) in [5, 5.41) is 30.9. The van der Waals surface area contributed by atoms with Crippen molar-refractivity contribution < 1.29 is 28.5 Å². The summed E-state index contributed by atoms with van der Waals surface area (Å²) in [5.41, 5.74) is 1.76. The molecule has 0 saturated heterocycles. The van der Waals surface area contributed by atoms with Crippen LogP contribution in [-0.4, -0.2) is 60.3 Å². The average molecular weight is 562 g/mol. The number of nitrogens with zero attached hydrogens (tertiary/aromatic N) is 1. The number of hydrogen-bond donors (Lipinski definition) is 4. The molecule has 0 aliphatic carbocycles. The Morgan fingerprint density at radius 1 is 1.03 bits per heavy atom. The number of rotatable bonds is 7. The quantitative estimate of drug-likeness (QED) is 0.384. The predicted octanol–water partition coefficient (Wildman–Crippen LogP) is 2.39. The van der Waals surface area contributed by atoms with Crippen molar-refractivity contribution in [1.82, 2.24) is 4.31 Å². The number of aliphatic hydroxyl groups is 2. The standard InChI is InChI=1S/C19H18Br2N2O6S/c20-15-8-11(9-16(21)18(15)26)7-14-13-10-12(1-2-17(13)22-19(14)27)30(28,29)23(3-5-24)4-6-25/h1-2,7-10,24-26H,3-6H2,(H,22,27). The van der Waals surface area contributed by atoms with Gasteiger partial charge < -0.3 is 20.6 Å². The second kappa shape index (κ2) is 9.16. The van der Waals surface area contributed by atoms with E-state index in [0.717, 1.165) is 4.31 Å². The molecule has 1 aliphatic rings. The molecule has 2 aromatic rings. The molecule has 0 bridgehead atoms. The summed E-state index contributed by atoms with van der Waals surface area (Å²) >= 11 is 6.48. The average Bonchev–Trinajstić information content (AvgIpc) is 3.00. The van der Waals surface area contributed by atoms with Crippen LogP contribution in [0.2, 0.25) is 0 Å². The molecule has 1 aliphatic heterocycles. The third kappa shape index (κ3) is 4.46. The zero-order valence-electron chi connectivity index (χ0n) is 15.5. The molecule has 2 aromatic carbocycles. The van der Waals surface area contributed by atoms with Crippen LogP contribution in [0, 0.1) is 0 Å². The van der Waals surface area contributed by atoms with Crippen LogP contribution in [0.15, 0.2) is 44.2 Å². The van der Waals surface area contributed by atoms with Crippen LogP contribution in [-0.2, 0) is 14.8 Å². The number of carbonyl (C=O) groups excluding carboxylic acids is 1. The molecule has 160 valence electrons. The summed E-state index contributed by atoms with van der Waals surface area (Å²) in [4.78, 5) is 12.4. The molecule has 0 radical (unpaired) electrons. The molecule has 30 heavy (non-hydrogen) atoms. The topological polar surface area (TPSA) is 127 Å². The first kappa shape index (κ1) is 22.9. The Morgan fingerprint density at radius 3 is 2.20 bits per heavy atom. The Balaban J connectivity index is 2.07. The van der Waals surface area contributed by atoms with Gasteiger partial charge in [-0.05, 0) is 73.8 Å². The highest BCUT2D eigenvalue weighted by Crippen LogP contribution is 2.38. The van der Waals surface area contributed by atoms with E-state index in [9.17, 15) is 18.3 Å². The second-order valence-corrected chi connectivity index (χ2v) is 10.1. The van der Waals surface area contributed by atoms with E-state index >= 15 is 0 Å². The van der Waals surface area contributed by atoms with E-state index in [2.05, 4.69) is 37.2 Å². The van der Waals surface area contributed by atoms with Crippen molar-refractivity contribution >= 4 is 65.1 Å². The van der Waals surface area contributed by atoms with E-state index in [1.165, 1.54) is 18.2 Å². The fourth-order valence-corrected chi connectivity index (χ4v) is 5.70. The summed E-state index contributed by atoms with van der Waals surface area (Å²) in [6, 6.07) is 7.51. The fourth-order valence-electron chi connectivity index (χ4n) is 3.03. The Labute approximate surface area is 190 Å². The molecule has 0 spiro atoms. The van der Waals surface area contributed by atoms with Crippen LogP contribution in [0.5, 0.6) is 5.75 Å². The molecule has 0 saturated carbocycles.